The van der Waals surface area contributed by atoms with Crippen LogP contribution in [-0.2, 0) is 6.18 Å². The molecule has 118 valence electrons. The largest absolute Gasteiger partial charge is 0.491 e. The van der Waals surface area contributed by atoms with Crippen LogP contribution in [-0.4, -0.2) is 27.2 Å². The second-order valence-electron chi connectivity index (χ2n) is 4.64. The van der Waals surface area contributed by atoms with Gasteiger partial charge in [0.25, 0.3) is 5.82 Å². The summed E-state index contributed by atoms with van der Waals surface area (Å²) in [4.78, 5) is 0. The quantitative estimate of drug-likeness (QED) is 0.688. The maximum absolute atomic E-state index is 12.7. The molecule has 0 bridgehead atoms. The van der Waals surface area contributed by atoms with Crippen molar-refractivity contribution in [2.75, 3.05) is 0 Å². The van der Waals surface area contributed by atoms with Crippen molar-refractivity contribution < 1.29 is 17.9 Å². The molecule has 0 aliphatic rings. The van der Waals surface area contributed by atoms with Crippen molar-refractivity contribution in [3.05, 3.63) is 40.4 Å². The molecule has 1 N–H and O–H groups in total. The van der Waals surface area contributed by atoms with Gasteiger partial charge in [0.05, 0.1) is 12.3 Å². The van der Waals surface area contributed by atoms with Crippen LogP contribution in [0.3, 0.4) is 0 Å². The lowest BCUT2D eigenvalue weighted by Crippen LogP contribution is -2.12. The van der Waals surface area contributed by atoms with Gasteiger partial charge in [0.1, 0.15) is 5.75 Å². The normalized spacial score (nSPS) is 12.3. The van der Waals surface area contributed by atoms with E-state index in [9.17, 15) is 13.2 Å². The van der Waals surface area contributed by atoms with Crippen LogP contribution in [0.1, 0.15) is 25.2 Å². The number of nitrogens with one attached hydrogen (secondary N) is 1. The van der Waals surface area contributed by atoms with E-state index in [0.29, 0.717) is 16.0 Å². The van der Waals surface area contributed by atoms with Gasteiger partial charge in [-0.05, 0) is 55.9 Å². The average molecular weight is 330 g/mol. The number of nitrogens with zero attached hydrogens (tertiary/aromatic N) is 3. The Hall–Kier alpha value is -2.16. The van der Waals surface area contributed by atoms with Crippen molar-refractivity contribution in [2.45, 2.75) is 26.1 Å². The number of halogens is 3. The van der Waals surface area contributed by atoms with Crippen LogP contribution in [0.25, 0.3) is 0 Å². The van der Waals surface area contributed by atoms with Crippen LogP contribution in [0, 0.1) is 4.77 Å². The first-order valence-corrected chi connectivity index (χ1v) is 6.74. The zero-order chi connectivity index (χ0) is 16.3. The average Bonchev–Trinajstić information content (AvgIpc) is 2.78. The third-order valence-electron chi connectivity index (χ3n) is 2.48. The molecule has 0 fully saturated rings. The summed E-state index contributed by atoms with van der Waals surface area (Å²) in [7, 11) is 0. The van der Waals surface area contributed by atoms with E-state index in [2.05, 4.69) is 15.3 Å². The zero-order valence-electron chi connectivity index (χ0n) is 11.8. The van der Waals surface area contributed by atoms with Gasteiger partial charge >= 0.3 is 6.18 Å². The van der Waals surface area contributed by atoms with Gasteiger partial charge in [0.2, 0.25) is 4.77 Å². The Morgan fingerprint density at radius 3 is 2.50 bits per heavy atom. The fourth-order valence-corrected chi connectivity index (χ4v) is 1.79. The molecule has 0 spiro atoms. The fraction of sp³-hybridized carbons (Fsp3) is 0.308. The maximum Gasteiger partial charge on any atom is 0.453 e. The van der Waals surface area contributed by atoms with Crippen molar-refractivity contribution >= 4 is 18.4 Å². The molecule has 0 atom stereocenters. The predicted molar refractivity (Wildman–Crippen MR) is 77.6 cm³/mol. The van der Waals surface area contributed by atoms with Gasteiger partial charge < -0.3 is 4.74 Å². The summed E-state index contributed by atoms with van der Waals surface area (Å²) < 4.78 is 43.9. The van der Waals surface area contributed by atoms with E-state index in [0.717, 1.165) is 0 Å². The molecule has 1 heterocycles. The van der Waals surface area contributed by atoms with Gasteiger partial charge in [-0.3, -0.25) is 0 Å². The highest BCUT2D eigenvalue weighted by atomic mass is 32.1. The number of rotatable bonds is 4. The van der Waals surface area contributed by atoms with Crippen LogP contribution >= 0.6 is 12.2 Å². The summed E-state index contributed by atoms with van der Waals surface area (Å²) in [5.74, 6) is -0.531. The summed E-state index contributed by atoms with van der Waals surface area (Å²) in [5, 5.41) is 8.93. The minimum absolute atomic E-state index is 0.0399. The van der Waals surface area contributed by atoms with Gasteiger partial charge in [-0.2, -0.15) is 22.9 Å². The van der Waals surface area contributed by atoms with E-state index in [1.165, 1.54) is 6.21 Å². The Morgan fingerprint density at radius 2 is 1.95 bits per heavy atom. The third-order valence-corrected chi connectivity index (χ3v) is 2.74. The number of H-pyrrole nitrogens is 1. The molecule has 1 aromatic carbocycles. The molecule has 5 nitrogen and oxygen atoms in total. The fourth-order valence-electron chi connectivity index (χ4n) is 1.61. The number of hydrogen-bond acceptors (Lipinski definition) is 4. The van der Waals surface area contributed by atoms with Gasteiger partial charge in [-0.1, -0.05) is 0 Å². The first kappa shape index (κ1) is 16.2. The highest BCUT2D eigenvalue weighted by molar-refractivity contribution is 7.71. The molecule has 0 amide bonds. The predicted octanol–water partition coefficient (Wildman–Crippen LogP) is 3.63. The lowest BCUT2D eigenvalue weighted by molar-refractivity contribution is -0.147. The highest BCUT2D eigenvalue weighted by Crippen LogP contribution is 2.27. The van der Waals surface area contributed by atoms with Gasteiger partial charge in [0.15, 0.2) is 0 Å². The van der Waals surface area contributed by atoms with E-state index in [1.54, 1.807) is 24.3 Å². The minimum Gasteiger partial charge on any atom is -0.491 e. The van der Waals surface area contributed by atoms with Crippen molar-refractivity contribution in [2.24, 2.45) is 5.10 Å². The number of aromatic nitrogens is 3. The topological polar surface area (TPSA) is 55.2 Å². The number of hydrogen-bond donors (Lipinski definition) is 1. The second-order valence-corrected chi connectivity index (χ2v) is 5.03. The first-order valence-electron chi connectivity index (χ1n) is 6.33. The molecule has 0 saturated carbocycles. The number of aromatic amines is 1. The molecular formula is C13H13F3N4OS. The van der Waals surface area contributed by atoms with E-state index < -0.39 is 12.0 Å². The highest BCUT2D eigenvalue weighted by Gasteiger charge is 2.37. The third kappa shape index (κ3) is 3.94. The Morgan fingerprint density at radius 1 is 1.32 bits per heavy atom. The summed E-state index contributed by atoms with van der Waals surface area (Å²) in [6, 6.07) is 6.78. The lowest BCUT2D eigenvalue weighted by Gasteiger charge is -2.09. The molecule has 2 aromatic rings. The second kappa shape index (κ2) is 6.30. The summed E-state index contributed by atoms with van der Waals surface area (Å²) in [6.45, 7) is 3.80. The van der Waals surface area contributed by atoms with E-state index in [1.807, 2.05) is 13.8 Å². The summed E-state index contributed by atoms with van der Waals surface area (Å²) in [5.41, 5.74) is 0.604. The Kier molecular flexibility index (Phi) is 4.65. The summed E-state index contributed by atoms with van der Waals surface area (Å²) >= 11 is 4.74. The molecule has 0 unspecified atom stereocenters. The Balaban J connectivity index is 2.22. The van der Waals surface area contributed by atoms with Crippen LogP contribution in [0.2, 0.25) is 0 Å². The molecule has 0 aliphatic heterocycles. The number of alkyl halides is 3. The van der Waals surface area contributed by atoms with Crippen molar-refractivity contribution in [1.82, 2.24) is 14.9 Å². The molecule has 22 heavy (non-hydrogen) atoms. The molecule has 0 saturated heterocycles. The SMILES string of the molecule is CC(C)Oc1ccc(/C=N\n2c(C(F)(F)F)n[nH]c2=S)cc1. The maximum atomic E-state index is 12.7. The number of ether oxygens (including phenoxy) is 1. The van der Waals surface area contributed by atoms with Crippen molar-refractivity contribution in [3.63, 3.8) is 0 Å². The lowest BCUT2D eigenvalue weighted by atomic mass is 10.2. The molecule has 0 radical (unpaired) electrons. The van der Waals surface area contributed by atoms with E-state index >= 15 is 0 Å². The van der Waals surface area contributed by atoms with Crippen molar-refractivity contribution in [3.8, 4) is 5.75 Å². The van der Waals surface area contributed by atoms with Crippen LogP contribution in [0.4, 0.5) is 13.2 Å². The van der Waals surface area contributed by atoms with Gasteiger partial charge in [0, 0.05) is 0 Å². The molecule has 2 rings (SSSR count). The minimum atomic E-state index is -4.64. The Labute approximate surface area is 129 Å². The van der Waals surface area contributed by atoms with Gasteiger partial charge in [-0.15, -0.1) is 5.10 Å². The standard InChI is InChI=1S/C13H13F3N4OS/c1-8(2)21-10-5-3-9(4-6-10)7-17-20-11(13(14,15)16)18-19-12(20)22/h3-8H,1-2H3,(H,19,22)/b17-7-. The van der Waals surface area contributed by atoms with E-state index in [-0.39, 0.29) is 10.9 Å². The van der Waals surface area contributed by atoms with Crippen molar-refractivity contribution in [1.29, 1.82) is 0 Å². The van der Waals surface area contributed by atoms with Crippen LogP contribution in [0.15, 0.2) is 29.4 Å². The smallest absolute Gasteiger partial charge is 0.453 e. The Bertz CT molecular complexity index is 716. The molecular weight excluding hydrogens is 317 g/mol. The van der Waals surface area contributed by atoms with Gasteiger partial charge in [-0.25, -0.2) is 5.10 Å². The molecule has 1 aromatic heterocycles. The van der Waals surface area contributed by atoms with E-state index in [4.69, 9.17) is 17.0 Å². The number of benzene rings is 1. The van der Waals surface area contributed by atoms with Crippen LogP contribution in [0.5, 0.6) is 5.75 Å². The first-order chi connectivity index (χ1) is 10.3. The molecule has 9 heteroatoms. The van der Waals surface area contributed by atoms with Crippen LogP contribution < -0.4 is 4.74 Å². The summed E-state index contributed by atoms with van der Waals surface area (Å²) in [6.07, 6.45) is -3.34. The monoisotopic (exact) mass is 330 g/mol. The zero-order valence-corrected chi connectivity index (χ0v) is 12.6. The molecule has 0 aliphatic carbocycles.